The van der Waals surface area contributed by atoms with E-state index in [0.29, 0.717) is 0 Å². The molecule has 0 bridgehead atoms. The van der Waals surface area contributed by atoms with Gasteiger partial charge in [-0.2, -0.15) is 5.10 Å². The summed E-state index contributed by atoms with van der Waals surface area (Å²) in [6, 6.07) is 0.744. The van der Waals surface area contributed by atoms with Gasteiger partial charge in [0, 0.05) is 44.0 Å². The third-order valence-corrected chi connectivity index (χ3v) is 4.72. The first-order valence-electron chi connectivity index (χ1n) is 7.57. The molecule has 3 rings (SSSR count). The fraction of sp³-hybridized carbons (Fsp3) is 0.800. The Balaban J connectivity index is 1.62. The molecule has 1 saturated carbocycles. The Morgan fingerprint density at radius 1 is 1.32 bits per heavy atom. The van der Waals surface area contributed by atoms with E-state index in [4.69, 9.17) is 0 Å². The maximum Gasteiger partial charge on any atom is 0.0534 e. The zero-order valence-corrected chi connectivity index (χ0v) is 12.4. The summed E-state index contributed by atoms with van der Waals surface area (Å²) in [4.78, 5) is 5.04. The number of nitrogens with zero attached hydrogens (tertiary/aromatic N) is 4. The quantitative estimate of drug-likeness (QED) is 0.807. The maximum atomic E-state index is 4.38. The highest BCUT2D eigenvalue weighted by atomic mass is 15.3. The summed E-state index contributed by atoms with van der Waals surface area (Å²) in [5, 5.41) is 4.38. The molecule has 2 heterocycles. The molecule has 0 amide bonds. The lowest BCUT2D eigenvalue weighted by Crippen LogP contribution is -2.36. The van der Waals surface area contributed by atoms with Crippen LogP contribution in [0.25, 0.3) is 0 Å². The van der Waals surface area contributed by atoms with Crippen LogP contribution in [-0.2, 0) is 13.1 Å². The van der Waals surface area contributed by atoms with Crippen molar-refractivity contribution in [2.24, 2.45) is 11.8 Å². The van der Waals surface area contributed by atoms with E-state index in [1.54, 1.807) is 0 Å². The number of hydrogen-bond acceptors (Lipinski definition) is 3. The molecule has 0 radical (unpaired) electrons. The number of hydrogen-bond donors (Lipinski definition) is 0. The van der Waals surface area contributed by atoms with E-state index >= 15 is 0 Å². The van der Waals surface area contributed by atoms with Crippen molar-refractivity contribution in [2.75, 3.05) is 27.2 Å². The molecule has 0 spiro atoms. The van der Waals surface area contributed by atoms with Gasteiger partial charge in [-0.1, -0.05) is 0 Å². The van der Waals surface area contributed by atoms with Crippen LogP contribution in [0.2, 0.25) is 0 Å². The van der Waals surface area contributed by atoms with Crippen molar-refractivity contribution in [3.8, 4) is 0 Å². The largest absolute Gasteiger partial charge is 0.305 e. The van der Waals surface area contributed by atoms with Crippen LogP contribution in [0.3, 0.4) is 0 Å². The van der Waals surface area contributed by atoms with Crippen LogP contribution in [-0.4, -0.2) is 52.8 Å². The van der Waals surface area contributed by atoms with Crippen LogP contribution in [0.1, 0.15) is 25.3 Å². The van der Waals surface area contributed by atoms with E-state index in [9.17, 15) is 0 Å². The summed E-state index contributed by atoms with van der Waals surface area (Å²) < 4.78 is 2.02. The summed E-state index contributed by atoms with van der Waals surface area (Å²) in [7, 11) is 4.47. The third kappa shape index (κ3) is 2.84. The Morgan fingerprint density at radius 3 is 2.68 bits per heavy atom. The minimum atomic E-state index is 0.744. The van der Waals surface area contributed by atoms with Crippen molar-refractivity contribution >= 4 is 0 Å². The fourth-order valence-electron chi connectivity index (χ4n) is 3.48. The minimum Gasteiger partial charge on any atom is -0.305 e. The molecule has 2 aliphatic rings. The van der Waals surface area contributed by atoms with Gasteiger partial charge < -0.3 is 4.90 Å². The Hall–Kier alpha value is -0.870. The highest BCUT2D eigenvalue weighted by molar-refractivity contribution is 5.06. The van der Waals surface area contributed by atoms with Gasteiger partial charge >= 0.3 is 0 Å². The molecule has 4 nitrogen and oxygen atoms in total. The molecule has 1 aromatic rings. The molecule has 2 atom stereocenters. The molecule has 4 heteroatoms. The summed E-state index contributed by atoms with van der Waals surface area (Å²) in [5.74, 6) is 1.88. The zero-order valence-electron chi connectivity index (χ0n) is 12.4. The molecule has 0 aromatic carbocycles. The first-order chi connectivity index (χ1) is 9.17. The van der Waals surface area contributed by atoms with E-state index in [1.807, 2.05) is 10.9 Å². The van der Waals surface area contributed by atoms with Crippen molar-refractivity contribution in [1.29, 1.82) is 0 Å². The molecule has 19 heavy (non-hydrogen) atoms. The Kier molecular flexibility index (Phi) is 3.63. The van der Waals surface area contributed by atoms with Gasteiger partial charge in [0.1, 0.15) is 0 Å². The molecule has 0 unspecified atom stereocenters. The molecule has 2 fully saturated rings. The van der Waals surface area contributed by atoms with Crippen molar-refractivity contribution in [1.82, 2.24) is 19.6 Å². The Morgan fingerprint density at radius 2 is 2.11 bits per heavy atom. The average Bonchev–Trinajstić information content (AvgIpc) is 2.99. The monoisotopic (exact) mass is 262 g/mol. The van der Waals surface area contributed by atoms with E-state index in [1.165, 1.54) is 31.5 Å². The normalized spacial score (nSPS) is 28.4. The Bertz CT molecular complexity index is 412. The van der Waals surface area contributed by atoms with Gasteiger partial charge in [-0.15, -0.1) is 0 Å². The van der Waals surface area contributed by atoms with Crippen LogP contribution < -0.4 is 0 Å². The summed E-state index contributed by atoms with van der Waals surface area (Å²) in [6.45, 7) is 6.65. The van der Waals surface area contributed by atoms with Gasteiger partial charge in [0.15, 0.2) is 0 Å². The van der Waals surface area contributed by atoms with Crippen molar-refractivity contribution in [3.05, 3.63) is 18.0 Å². The average molecular weight is 262 g/mol. The number of likely N-dealkylation sites (tertiary alicyclic amines) is 1. The first kappa shape index (κ1) is 13.1. The second-order valence-electron chi connectivity index (χ2n) is 6.43. The lowest BCUT2D eigenvalue weighted by molar-refractivity contribution is 0.233. The summed E-state index contributed by atoms with van der Waals surface area (Å²) in [6.07, 6.45) is 7.13. The number of rotatable bonds is 5. The predicted molar refractivity (Wildman–Crippen MR) is 76.9 cm³/mol. The zero-order chi connectivity index (χ0) is 13.4. The molecule has 1 saturated heterocycles. The van der Waals surface area contributed by atoms with Gasteiger partial charge in [-0.05, 0) is 45.7 Å². The lowest BCUT2D eigenvalue weighted by atomic mass is 9.97. The summed E-state index contributed by atoms with van der Waals surface area (Å²) in [5.41, 5.74) is 1.36. The van der Waals surface area contributed by atoms with Crippen molar-refractivity contribution in [3.63, 3.8) is 0 Å². The van der Waals surface area contributed by atoms with Crippen molar-refractivity contribution in [2.45, 2.75) is 38.9 Å². The smallest absolute Gasteiger partial charge is 0.0534 e. The van der Waals surface area contributed by atoms with Gasteiger partial charge in [-0.3, -0.25) is 9.58 Å². The van der Waals surface area contributed by atoms with Crippen molar-refractivity contribution < 1.29 is 0 Å². The second-order valence-corrected chi connectivity index (χ2v) is 6.43. The Labute approximate surface area is 116 Å². The molecule has 0 N–H and O–H groups in total. The predicted octanol–water partition coefficient (Wildman–Crippen LogP) is 1.67. The van der Waals surface area contributed by atoms with Gasteiger partial charge in [0.25, 0.3) is 0 Å². The standard InChI is InChI=1S/C15H26N4/c1-4-19-9-12(7-16-19)8-18-10-14(13-5-6-13)15(11-18)17(2)3/h7,9,13-15H,4-6,8,10-11H2,1-3H3/t14-,15+/m1/s1. The molecule has 106 valence electrons. The highest BCUT2D eigenvalue weighted by Crippen LogP contribution is 2.42. The van der Waals surface area contributed by atoms with E-state index in [2.05, 4.69) is 42.1 Å². The highest BCUT2D eigenvalue weighted by Gasteiger charge is 2.43. The van der Waals surface area contributed by atoms with E-state index < -0.39 is 0 Å². The lowest BCUT2D eigenvalue weighted by Gasteiger charge is -2.24. The summed E-state index contributed by atoms with van der Waals surface area (Å²) >= 11 is 0. The number of likely N-dealkylation sites (N-methyl/N-ethyl adjacent to an activating group) is 1. The van der Waals surface area contributed by atoms with E-state index in [0.717, 1.165) is 31.0 Å². The van der Waals surface area contributed by atoms with Gasteiger partial charge in [0.05, 0.1) is 6.20 Å². The molecule has 1 aliphatic carbocycles. The van der Waals surface area contributed by atoms with Gasteiger partial charge in [-0.25, -0.2) is 0 Å². The van der Waals surface area contributed by atoms with Crippen LogP contribution in [0.4, 0.5) is 0 Å². The third-order valence-electron chi connectivity index (χ3n) is 4.72. The second kappa shape index (κ2) is 5.25. The maximum absolute atomic E-state index is 4.38. The molecule has 1 aromatic heterocycles. The van der Waals surface area contributed by atoms with Crippen LogP contribution in [0.15, 0.2) is 12.4 Å². The molecule has 1 aliphatic heterocycles. The fourth-order valence-corrected chi connectivity index (χ4v) is 3.48. The van der Waals surface area contributed by atoms with Crippen LogP contribution in [0, 0.1) is 11.8 Å². The van der Waals surface area contributed by atoms with E-state index in [-0.39, 0.29) is 0 Å². The SMILES string of the molecule is CCn1cc(CN2C[C@H](C3CC3)[C@@H](N(C)C)C2)cn1. The molecular weight excluding hydrogens is 236 g/mol. The minimum absolute atomic E-state index is 0.744. The topological polar surface area (TPSA) is 24.3 Å². The molecular formula is C15H26N4. The van der Waals surface area contributed by atoms with Crippen LogP contribution >= 0.6 is 0 Å². The number of aromatic nitrogens is 2. The first-order valence-corrected chi connectivity index (χ1v) is 7.57. The van der Waals surface area contributed by atoms with Crippen LogP contribution in [0.5, 0.6) is 0 Å². The number of aryl methyl sites for hydroxylation is 1. The van der Waals surface area contributed by atoms with Gasteiger partial charge in [0.2, 0.25) is 0 Å².